The number of aromatic nitrogens is 2. The molecule has 1 aromatic heterocycles. The second kappa shape index (κ2) is 6.66. The molecule has 0 bridgehead atoms. The highest BCUT2D eigenvalue weighted by atomic mass is 16.4. The van der Waals surface area contributed by atoms with Crippen molar-refractivity contribution in [3.8, 4) is 11.5 Å². The molecule has 0 atom stereocenters. The zero-order chi connectivity index (χ0) is 17.1. The molecule has 0 radical (unpaired) electrons. The summed E-state index contributed by atoms with van der Waals surface area (Å²) >= 11 is 0. The lowest BCUT2D eigenvalue weighted by molar-refractivity contribution is 0.0773. The van der Waals surface area contributed by atoms with E-state index in [4.69, 9.17) is 4.42 Å². The third-order valence-corrected chi connectivity index (χ3v) is 3.96. The van der Waals surface area contributed by atoms with Crippen LogP contribution in [0, 0.1) is 13.8 Å². The van der Waals surface area contributed by atoms with Crippen molar-refractivity contribution in [2.24, 2.45) is 0 Å². The third-order valence-electron chi connectivity index (χ3n) is 3.96. The van der Waals surface area contributed by atoms with Gasteiger partial charge in [-0.3, -0.25) is 4.79 Å². The SMILES string of the molecule is Cc1ccc(C(=O)N(C)Cc2nnc(-c3ccccc3)o2)cc1C. The number of amides is 1. The van der Waals surface area contributed by atoms with E-state index in [0.717, 1.165) is 11.1 Å². The highest BCUT2D eigenvalue weighted by Gasteiger charge is 2.16. The molecule has 3 rings (SSSR count). The van der Waals surface area contributed by atoms with Gasteiger partial charge in [0.05, 0.1) is 6.54 Å². The zero-order valence-electron chi connectivity index (χ0n) is 14.0. The summed E-state index contributed by atoms with van der Waals surface area (Å²) in [7, 11) is 1.73. The summed E-state index contributed by atoms with van der Waals surface area (Å²) in [5, 5.41) is 8.07. The number of hydrogen-bond acceptors (Lipinski definition) is 4. The molecule has 1 amide bonds. The van der Waals surface area contributed by atoms with Gasteiger partial charge in [0.15, 0.2) is 0 Å². The van der Waals surface area contributed by atoms with Crippen LogP contribution in [0.5, 0.6) is 0 Å². The van der Waals surface area contributed by atoms with E-state index in [2.05, 4.69) is 10.2 Å². The lowest BCUT2D eigenvalue weighted by Crippen LogP contribution is -2.26. The fourth-order valence-corrected chi connectivity index (χ4v) is 2.38. The van der Waals surface area contributed by atoms with Gasteiger partial charge in [-0.1, -0.05) is 24.3 Å². The minimum atomic E-state index is -0.0717. The number of aryl methyl sites for hydroxylation is 2. The average molecular weight is 321 g/mol. The van der Waals surface area contributed by atoms with Gasteiger partial charge >= 0.3 is 0 Å². The summed E-state index contributed by atoms with van der Waals surface area (Å²) in [6.45, 7) is 4.29. The minimum absolute atomic E-state index is 0.0717. The van der Waals surface area contributed by atoms with E-state index in [0.29, 0.717) is 17.3 Å². The smallest absolute Gasteiger partial charge is 0.254 e. The van der Waals surface area contributed by atoms with E-state index in [1.165, 1.54) is 5.56 Å². The Morgan fingerprint density at radius 1 is 1.04 bits per heavy atom. The minimum Gasteiger partial charge on any atom is -0.419 e. The molecule has 0 spiro atoms. The average Bonchev–Trinajstić information content (AvgIpc) is 3.06. The van der Waals surface area contributed by atoms with Crippen LogP contribution < -0.4 is 0 Å². The van der Waals surface area contributed by atoms with Gasteiger partial charge in [-0.15, -0.1) is 10.2 Å². The second-order valence-electron chi connectivity index (χ2n) is 5.83. The molecule has 24 heavy (non-hydrogen) atoms. The van der Waals surface area contributed by atoms with E-state index >= 15 is 0 Å². The predicted molar refractivity (Wildman–Crippen MR) is 91.4 cm³/mol. The summed E-state index contributed by atoms with van der Waals surface area (Å²) in [6, 6.07) is 15.3. The van der Waals surface area contributed by atoms with Crippen LogP contribution >= 0.6 is 0 Å². The van der Waals surface area contributed by atoms with Crippen molar-refractivity contribution in [2.45, 2.75) is 20.4 Å². The topological polar surface area (TPSA) is 59.2 Å². The number of rotatable bonds is 4. The predicted octanol–water partition coefficient (Wildman–Crippen LogP) is 3.63. The quantitative estimate of drug-likeness (QED) is 0.736. The number of nitrogens with zero attached hydrogens (tertiary/aromatic N) is 3. The zero-order valence-corrected chi connectivity index (χ0v) is 14.0. The molecule has 0 aliphatic carbocycles. The maximum Gasteiger partial charge on any atom is 0.254 e. The summed E-state index contributed by atoms with van der Waals surface area (Å²) in [5.74, 6) is 0.795. The summed E-state index contributed by atoms with van der Waals surface area (Å²) < 4.78 is 5.65. The van der Waals surface area contributed by atoms with Gasteiger partial charge in [0.2, 0.25) is 11.8 Å². The Labute approximate surface area is 140 Å². The lowest BCUT2D eigenvalue weighted by atomic mass is 10.1. The van der Waals surface area contributed by atoms with Crippen LogP contribution in [-0.4, -0.2) is 28.1 Å². The second-order valence-corrected chi connectivity index (χ2v) is 5.83. The molecule has 5 nitrogen and oxygen atoms in total. The van der Waals surface area contributed by atoms with Crippen molar-refractivity contribution in [1.29, 1.82) is 0 Å². The standard InChI is InChI=1S/C19H19N3O2/c1-13-9-10-16(11-14(13)2)19(23)22(3)12-17-20-21-18(24-17)15-7-5-4-6-8-15/h4-11H,12H2,1-3H3. The van der Waals surface area contributed by atoms with Crippen LogP contribution in [-0.2, 0) is 6.54 Å². The van der Waals surface area contributed by atoms with Crippen LogP contribution in [0.1, 0.15) is 27.4 Å². The Morgan fingerprint density at radius 3 is 2.50 bits per heavy atom. The number of carbonyl (C=O) groups is 1. The Morgan fingerprint density at radius 2 is 1.79 bits per heavy atom. The maximum absolute atomic E-state index is 12.5. The molecule has 0 saturated carbocycles. The van der Waals surface area contributed by atoms with E-state index in [1.54, 1.807) is 11.9 Å². The van der Waals surface area contributed by atoms with Crippen molar-refractivity contribution >= 4 is 5.91 Å². The van der Waals surface area contributed by atoms with Crippen molar-refractivity contribution < 1.29 is 9.21 Å². The Bertz CT molecular complexity index is 856. The van der Waals surface area contributed by atoms with Crippen molar-refractivity contribution in [2.75, 3.05) is 7.05 Å². The van der Waals surface area contributed by atoms with Crippen molar-refractivity contribution in [1.82, 2.24) is 15.1 Å². The first-order valence-electron chi connectivity index (χ1n) is 7.75. The molecule has 0 aliphatic heterocycles. The highest BCUT2D eigenvalue weighted by Crippen LogP contribution is 2.18. The van der Waals surface area contributed by atoms with E-state index in [-0.39, 0.29) is 12.5 Å². The van der Waals surface area contributed by atoms with E-state index in [9.17, 15) is 4.79 Å². The van der Waals surface area contributed by atoms with Crippen LogP contribution in [0.4, 0.5) is 0 Å². The van der Waals surface area contributed by atoms with Gasteiger partial charge < -0.3 is 9.32 Å². The van der Waals surface area contributed by atoms with Gasteiger partial charge in [-0.25, -0.2) is 0 Å². The molecule has 0 aliphatic rings. The molecular weight excluding hydrogens is 302 g/mol. The number of carbonyl (C=O) groups excluding carboxylic acids is 1. The first-order valence-corrected chi connectivity index (χ1v) is 7.75. The lowest BCUT2D eigenvalue weighted by Gasteiger charge is -2.15. The van der Waals surface area contributed by atoms with Gasteiger partial charge in [0, 0.05) is 18.2 Å². The normalized spacial score (nSPS) is 10.6. The summed E-state index contributed by atoms with van der Waals surface area (Å²) in [5.41, 5.74) is 3.78. The molecule has 0 N–H and O–H groups in total. The van der Waals surface area contributed by atoms with Crippen molar-refractivity contribution in [3.63, 3.8) is 0 Å². The molecule has 0 saturated heterocycles. The summed E-state index contributed by atoms with van der Waals surface area (Å²) in [4.78, 5) is 14.1. The van der Waals surface area contributed by atoms with Gasteiger partial charge in [-0.2, -0.15) is 0 Å². The molecule has 0 fully saturated rings. The van der Waals surface area contributed by atoms with Gasteiger partial charge in [0.25, 0.3) is 5.91 Å². The van der Waals surface area contributed by atoms with Crippen molar-refractivity contribution in [3.05, 3.63) is 71.1 Å². The first kappa shape index (κ1) is 15.9. The Hall–Kier alpha value is -2.95. The molecule has 5 heteroatoms. The maximum atomic E-state index is 12.5. The third kappa shape index (κ3) is 3.35. The van der Waals surface area contributed by atoms with E-state index in [1.807, 2.05) is 62.4 Å². The van der Waals surface area contributed by atoms with Crippen LogP contribution in [0.25, 0.3) is 11.5 Å². The number of hydrogen-bond donors (Lipinski definition) is 0. The molecule has 3 aromatic rings. The highest BCUT2D eigenvalue weighted by molar-refractivity contribution is 5.94. The van der Waals surface area contributed by atoms with Crippen LogP contribution in [0.2, 0.25) is 0 Å². The molecule has 1 heterocycles. The largest absolute Gasteiger partial charge is 0.419 e. The molecule has 122 valence electrons. The molecule has 2 aromatic carbocycles. The molecule has 0 unspecified atom stereocenters. The van der Waals surface area contributed by atoms with Crippen LogP contribution in [0.3, 0.4) is 0 Å². The first-order chi connectivity index (χ1) is 11.5. The Balaban J connectivity index is 1.72. The fourth-order valence-electron chi connectivity index (χ4n) is 2.38. The van der Waals surface area contributed by atoms with Crippen LogP contribution in [0.15, 0.2) is 52.9 Å². The summed E-state index contributed by atoms with van der Waals surface area (Å²) in [6.07, 6.45) is 0. The number of benzene rings is 2. The van der Waals surface area contributed by atoms with Gasteiger partial charge in [0.1, 0.15) is 0 Å². The Kier molecular flexibility index (Phi) is 4.42. The van der Waals surface area contributed by atoms with E-state index < -0.39 is 0 Å². The fraction of sp³-hybridized carbons (Fsp3) is 0.211. The monoisotopic (exact) mass is 321 g/mol. The molecular formula is C19H19N3O2. The van der Waals surface area contributed by atoms with Gasteiger partial charge in [-0.05, 0) is 49.2 Å².